The molecule has 0 aliphatic heterocycles. The zero-order chi connectivity index (χ0) is 13.3. The van der Waals surface area contributed by atoms with Gasteiger partial charge in [0, 0.05) is 12.1 Å². The van der Waals surface area contributed by atoms with Crippen LogP contribution in [-0.4, -0.2) is 30.1 Å². The lowest BCUT2D eigenvalue weighted by Crippen LogP contribution is -2.16. The Morgan fingerprint density at radius 2 is 1.61 bits per heavy atom. The first-order valence-corrected chi connectivity index (χ1v) is 5.27. The molecule has 0 radical (unpaired) electrons. The van der Waals surface area contributed by atoms with Crippen molar-refractivity contribution in [3.05, 3.63) is 23.5 Å². The van der Waals surface area contributed by atoms with Crippen LogP contribution in [0.3, 0.4) is 0 Å². The monoisotopic (exact) mass is 247 g/mol. The van der Waals surface area contributed by atoms with Crippen LogP contribution in [0.15, 0.2) is 12.1 Å². The van der Waals surface area contributed by atoms with Crippen molar-refractivity contribution >= 4 is 16.9 Å². The number of fused-ring (bicyclic) bond motifs is 1. The number of carbonyl (C=O) groups is 1. The summed E-state index contributed by atoms with van der Waals surface area (Å²) < 4.78 is 10.3. The highest BCUT2D eigenvalue weighted by atomic mass is 16.5. The van der Waals surface area contributed by atoms with E-state index in [0.717, 1.165) is 0 Å². The van der Waals surface area contributed by atoms with Gasteiger partial charge in [0.2, 0.25) is 0 Å². The van der Waals surface area contributed by atoms with E-state index in [1.165, 1.54) is 7.11 Å². The van der Waals surface area contributed by atoms with E-state index in [-0.39, 0.29) is 5.69 Å². The molecule has 1 amide bonds. The molecule has 0 aliphatic carbocycles. The molecular formula is C12H13N3O3. The van der Waals surface area contributed by atoms with Gasteiger partial charge in [0.15, 0.2) is 11.5 Å². The highest BCUT2D eigenvalue weighted by Gasteiger charge is 2.13. The maximum absolute atomic E-state index is 11.2. The van der Waals surface area contributed by atoms with Gasteiger partial charge in [0.05, 0.1) is 30.9 Å². The molecule has 1 aromatic heterocycles. The summed E-state index contributed by atoms with van der Waals surface area (Å²) in [7, 11) is 3.07. The molecule has 0 saturated carbocycles. The molecule has 2 N–H and O–H groups in total. The summed E-state index contributed by atoms with van der Waals surface area (Å²) >= 11 is 0. The highest BCUT2D eigenvalue weighted by Crippen LogP contribution is 2.30. The summed E-state index contributed by atoms with van der Waals surface area (Å²) in [4.78, 5) is 19.7. The summed E-state index contributed by atoms with van der Waals surface area (Å²) in [5.74, 6) is 0.487. The predicted octanol–water partition coefficient (Wildman–Crippen LogP) is 1.05. The molecule has 0 fully saturated rings. The number of primary amides is 1. The molecule has 6 nitrogen and oxygen atoms in total. The Morgan fingerprint density at radius 3 is 2.06 bits per heavy atom. The van der Waals surface area contributed by atoms with Crippen LogP contribution in [-0.2, 0) is 0 Å². The smallest absolute Gasteiger partial charge is 0.269 e. The van der Waals surface area contributed by atoms with E-state index in [4.69, 9.17) is 15.2 Å². The molecule has 0 unspecified atom stereocenters. The number of benzene rings is 1. The molecule has 0 bridgehead atoms. The van der Waals surface area contributed by atoms with Gasteiger partial charge in [-0.25, -0.2) is 9.97 Å². The van der Waals surface area contributed by atoms with Crippen molar-refractivity contribution in [3.8, 4) is 11.5 Å². The normalized spacial score (nSPS) is 10.4. The molecular weight excluding hydrogens is 234 g/mol. The number of ether oxygens (including phenoxy) is 2. The van der Waals surface area contributed by atoms with Crippen molar-refractivity contribution in [2.75, 3.05) is 14.2 Å². The third-order valence-electron chi connectivity index (χ3n) is 2.58. The number of hydrogen-bond donors (Lipinski definition) is 1. The Morgan fingerprint density at radius 1 is 1.11 bits per heavy atom. The third kappa shape index (κ3) is 1.92. The summed E-state index contributed by atoms with van der Waals surface area (Å²) in [5, 5.41) is 0. The lowest BCUT2D eigenvalue weighted by Gasteiger charge is -2.09. The number of hydrogen-bond acceptors (Lipinski definition) is 5. The number of nitrogens with two attached hydrogens (primary N) is 1. The van der Waals surface area contributed by atoms with Gasteiger partial charge in [0.25, 0.3) is 5.91 Å². The zero-order valence-electron chi connectivity index (χ0n) is 10.4. The van der Waals surface area contributed by atoms with Crippen molar-refractivity contribution in [1.29, 1.82) is 0 Å². The molecule has 0 atom stereocenters. The van der Waals surface area contributed by atoms with E-state index in [2.05, 4.69) is 9.97 Å². The summed E-state index contributed by atoms with van der Waals surface area (Å²) in [5.41, 5.74) is 7.04. The van der Waals surface area contributed by atoms with Crippen LogP contribution in [0.4, 0.5) is 0 Å². The number of rotatable bonds is 3. The first kappa shape index (κ1) is 12.1. The van der Waals surface area contributed by atoms with Gasteiger partial charge in [-0.05, 0) is 6.92 Å². The molecule has 2 aromatic rings. The Kier molecular flexibility index (Phi) is 3.01. The molecule has 0 saturated heterocycles. The van der Waals surface area contributed by atoms with E-state index in [0.29, 0.717) is 28.2 Å². The van der Waals surface area contributed by atoms with Crippen molar-refractivity contribution in [2.45, 2.75) is 6.92 Å². The standard InChI is InChI=1S/C12H13N3O3/c1-6-11(12(13)16)15-8-5-10(18-3)9(17-2)4-7(8)14-6/h4-5H,1-3H3,(H2,13,16). The topological polar surface area (TPSA) is 87.3 Å². The van der Waals surface area contributed by atoms with Crippen LogP contribution in [0.1, 0.15) is 16.2 Å². The number of aryl methyl sites for hydroxylation is 1. The second-order valence-electron chi connectivity index (χ2n) is 3.72. The number of nitrogens with zero attached hydrogens (tertiary/aromatic N) is 2. The van der Waals surface area contributed by atoms with Crippen LogP contribution < -0.4 is 15.2 Å². The largest absolute Gasteiger partial charge is 0.493 e. The fourth-order valence-electron chi connectivity index (χ4n) is 1.70. The molecule has 0 spiro atoms. The Bertz CT molecular complexity index is 625. The van der Waals surface area contributed by atoms with E-state index in [1.54, 1.807) is 26.2 Å². The van der Waals surface area contributed by atoms with Crippen LogP contribution >= 0.6 is 0 Å². The fourth-order valence-corrected chi connectivity index (χ4v) is 1.70. The third-order valence-corrected chi connectivity index (χ3v) is 2.58. The van der Waals surface area contributed by atoms with Gasteiger partial charge in [-0.2, -0.15) is 0 Å². The van der Waals surface area contributed by atoms with Crippen molar-refractivity contribution in [2.24, 2.45) is 5.73 Å². The van der Waals surface area contributed by atoms with Gasteiger partial charge >= 0.3 is 0 Å². The van der Waals surface area contributed by atoms with Crippen molar-refractivity contribution in [3.63, 3.8) is 0 Å². The highest BCUT2D eigenvalue weighted by molar-refractivity contribution is 5.94. The average Bonchev–Trinajstić information content (AvgIpc) is 2.36. The number of aromatic nitrogens is 2. The van der Waals surface area contributed by atoms with Crippen LogP contribution in [0.25, 0.3) is 11.0 Å². The fraction of sp³-hybridized carbons (Fsp3) is 0.250. The lowest BCUT2D eigenvalue weighted by atomic mass is 10.2. The predicted molar refractivity (Wildman–Crippen MR) is 65.9 cm³/mol. The van der Waals surface area contributed by atoms with E-state index in [1.807, 2.05) is 0 Å². The van der Waals surface area contributed by atoms with E-state index >= 15 is 0 Å². The SMILES string of the molecule is COc1cc2nc(C)c(C(N)=O)nc2cc1OC. The minimum atomic E-state index is -0.600. The molecule has 94 valence electrons. The first-order chi connectivity index (χ1) is 8.56. The van der Waals surface area contributed by atoms with Gasteiger partial charge in [-0.3, -0.25) is 4.79 Å². The quantitative estimate of drug-likeness (QED) is 0.876. The molecule has 1 heterocycles. The molecule has 0 aliphatic rings. The van der Waals surface area contributed by atoms with Gasteiger partial charge in [0.1, 0.15) is 5.69 Å². The Labute approximate surface area is 104 Å². The molecule has 6 heteroatoms. The second kappa shape index (κ2) is 4.48. The number of methoxy groups -OCH3 is 2. The average molecular weight is 247 g/mol. The van der Waals surface area contributed by atoms with Crippen molar-refractivity contribution in [1.82, 2.24) is 9.97 Å². The minimum Gasteiger partial charge on any atom is -0.493 e. The number of carbonyl (C=O) groups excluding carboxylic acids is 1. The van der Waals surface area contributed by atoms with Crippen LogP contribution in [0.2, 0.25) is 0 Å². The number of amides is 1. The zero-order valence-corrected chi connectivity index (χ0v) is 10.4. The maximum atomic E-state index is 11.2. The van der Waals surface area contributed by atoms with Gasteiger partial charge in [-0.1, -0.05) is 0 Å². The summed E-state index contributed by atoms with van der Waals surface area (Å²) in [6.07, 6.45) is 0. The van der Waals surface area contributed by atoms with Crippen molar-refractivity contribution < 1.29 is 14.3 Å². The summed E-state index contributed by atoms with van der Waals surface area (Å²) in [6.45, 7) is 1.68. The lowest BCUT2D eigenvalue weighted by molar-refractivity contribution is 0.0995. The Balaban J connectivity index is 2.73. The van der Waals surface area contributed by atoms with Crippen LogP contribution in [0.5, 0.6) is 11.5 Å². The maximum Gasteiger partial charge on any atom is 0.269 e. The summed E-state index contributed by atoms with van der Waals surface area (Å²) in [6, 6.07) is 3.37. The first-order valence-electron chi connectivity index (χ1n) is 5.27. The van der Waals surface area contributed by atoms with E-state index < -0.39 is 5.91 Å². The van der Waals surface area contributed by atoms with Gasteiger partial charge < -0.3 is 15.2 Å². The molecule has 18 heavy (non-hydrogen) atoms. The van der Waals surface area contributed by atoms with E-state index in [9.17, 15) is 4.79 Å². The molecule has 2 rings (SSSR count). The Hall–Kier alpha value is -2.37. The minimum absolute atomic E-state index is 0.162. The van der Waals surface area contributed by atoms with Crippen LogP contribution in [0, 0.1) is 6.92 Å². The second-order valence-corrected chi connectivity index (χ2v) is 3.72. The molecule has 1 aromatic carbocycles. The van der Waals surface area contributed by atoms with Gasteiger partial charge in [-0.15, -0.1) is 0 Å².